The Bertz CT molecular complexity index is 129. The molecule has 0 aromatic rings. The highest BCUT2D eigenvalue weighted by atomic mass is 16.4. The van der Waals surface area contributed by atoms with Gasteiger partial charge in [0, 0.05) is 13.1 Å². The predicted molar refractivity (Wildman–Crippen MR) is 53.0 cm³/mol. The minimum absolute atomic E-state index is 0.489. The second-order valence-electron chi connectivity index (χ2n) is 3.04. The lowest BCUT2D eigenvalue weighted by molar-refractivity contribution is 0.194. The van der Waals surface area contributed by atoms with Crippen molar-refractivity contribution in [3.63, 3.8) is 0 Å². The smallest absolute Gasteiger partial charge is 0.404 e. The molecule has 4 heteroatoms. The van der Waals surface area contributed by atoms with Crippen LogP contribution in [-0.2, 0) is 0 Å². The third-order valence-electron chi connectivity index (χ3n) is 1.79. The van der Waals surface area contributed by atoms with E-state index in [2.05, 4.69) is 17.6 Å². The predicted octanol–water partition coefficient (Wildman–Crippen LogP) is 1.42. The maximum atomic E-state index is 10.0. The molecule has 0 fully saturated rings. The SMILES string of the molecule is CCCCCCNCCNC(=O)O. The molecule has 0 aliphatic rings. The summed E-state index contributed by atoms with van der Waals surface area (Å²) in [5.74, 6) is 0. The highest BCUT2D eigenvalue weighted by Crippen LogP contribution is 1.96. The standard InChI is InChI=1S/C9H20N2O2/c1-2-3-4-5-6-10-7-8-11-9(12)13/h10-11H,2-8H2,1H3,(H,12,13). The first-order valence-electron chi connectivity index (χ1n) is 4.95. The van der Waals surface area contributed by atoms with Crippen molar-refractivity contribution in [1.82, 2.24) is 10.6 Å². The molecule has 0 saturated carbocycles. The molecule has 0 spiro atoms. The maximum absolute atomic E-state index is 10.0. The van der Waals surface area contributed by atoms with Gasteiger partial charge in [-0.1, -0.05) is 26.2 Å². The van der Waals surface area contributed by atoms with E-state index in [4.69, 9.17) is 5.11 Å². The number of carbonyl (C=O) groups is 1. The highest BCUT2D eigenvalue weighted by Gasteiger charge is 1.92. The van der Waals surface area contributed by atoms with Gasteiger partial charge in [-0.15, -0.1) is 0 Å². The second kappa shape index (κ2) is 9.32. The number of amides is 1. The minimum Gasteiger partial charge on any atom is -0.465 e. The largest absolute Gasteiger partial charge is 0.465 e. The zero-order chi connectivity index (χ0) is 9.94. The molecule has 0 aliphatic carbocycles. The topological polar surface area (TPSA) is 61.4 Å². The summed E-state index contributed by atoms with van der Waals surface area (Å²) in [5.41, 5.74) is 0. The summed E-state index contributed by atoms with van der Waals surface area (Å²) in [6.45, 7) is 4.38. The Morgan fingerprint density at radius 3 is 2.54 bits per heavy atom. The van der Waals surface area contributed by atoms with Gasteiger partial charge in [0.25, 0.3) is 0 Å². The van der Waals surface area contributed by atoms with Gasteiger partial charge in [0.05, 0.1) is 0 Å². The average Bonchev–Trinajstić information content (AvgIpc) is 2.09. The van der Waals surface area contributed by atoms with Crippen LogP contribution < -0.4 is 10.6 Å². The molecular formula is C9H20N2O2. The van der Waals surface area contributed by atoms with Crippen LogP contribution in [0, 0.1) is 0 Å². The molecule has 0 rings (SSSR count). The first-order chi connectivity index (χ1) is 6.27. The van der Waals surface area contributed by atoms with Crippen LogP contribution in [0.5, 0.6) is 0 Å². The molecule has 0 aliphatic heterocycles. The lowest BCUT2D eigenvalue weighted by Gasteiger charge is -2.03. The highest BCUT2D eigenvalue weighted by molar-refractivity contribution is 5.64. The molecule has 0 bridgehead atoms. The van der Waals surface area contributed by atoms with Gasteiger partial charge >= 0.3 is 6.09 Å². The van der Waals surface area contributed by atoms with Gasteiger partial charge in [0.1, 0.15) is 0 Å². The Morgan fingerprint density at radius 2 is 1.92 bits per heavy atom. The Kier molecular flexibility index (Phi) is 8.77. The van der Waals surface area contributed by atoms with E-state index < -0.39 is 6.09 Å². The Hall–Kier alpha value is -0.770. The van der Waals surface area contributed by atoms with E-state index in [1.165, 1.54) is 25.7 Å². The van der Waals surface area contributed by atoms with Crippen molar-refractivity contribution in [1.29, 1.82) is 0 Å². The number of nitrogens with one attached hydrogen (secondary N) is 2. The number of carboxylic acid groups (broad SMARTS) is 1. The van der Waals surface area contributed by atoms with Crippen LogP contribution in [0.25, 0.3) is 0 Å². The number of hydrogen-bond acceptors (Lipinski definition) is 2. The van der Waals surface area contributed by atoms with E-state index in [1.807, 2.05) is 0 Å². The van der Waals surface area contributed by atoms with E-state index in [0.29, 0.717) is 6.54 Å². The van der Waals surface area contributed by atoms with Gasteiger partial charge in [-0.25, -0.2) is 4.79 Å². The third-order valence-corrected chi connectivity index (χ3v) is 1.79. The lowest BCUT2D eigenvalue weighted by Crippen LogP contribution is -2.31. The monoisotopic (exact) mass is 188 g/mol. The minimum atomic E-state index is -0.951. The summed E-state index contributed by atoms with van der Waals surface area (Å²) < 4.78 is 0. The lowest BCUT2D eigenvalue weighted by atomic mass is 10.2. The fourth-order valence-corrected chi connectivity index (χ4v) is 1.06. The number of rotatable bonds is 8. The van der Waals surface area contributed by atoms with Gasteiger partial charge in [-0.05, 0) is 13.0 Å². The van der Waals surface area contributed by atoms with Crippen molar-refractivity contribution < 1.29 is 9.90 Å². The summed E-state index contributed by atoms with van der Waals surface area (Å²) in [6.07, 6.45) is 4.03. The van der Waals surface area contributed by atoms with Crippen LogP contribution >= 0.6 is 0 Å². The van der Waals surface area contributed by atoms with Crippen LogP contribution in [0.2, 0.25) is 0 Å². The summed E-state index contributed by atoms with van der Waals surface area (Å²) in [5, 5.41) is 13.7. The van der Waals surface area contributed by atoms with Crippen molar-refractivity contribution >= 4 is 6.09 Å². The van der Waals surface area contributed by atoms with Crippen molar-refractivity contribution in [2.75, 3.05) is 19.6 Å². The zero-order valence-corrected chi connectivity index (χ0v) is 8.31. The Labute approximate surface area is 79.7 Å². The molecule has 3 N–H and O–H groups in total. The van der Waals surface area contributed by atoms with Crippen LogP contribution in [0.3, 0.4) is 0 Å². The van der Waals surface area contributed by atoms with Gasteiger partial charge in [0.2, 0.25) is 0 Å². The fourth-order valence-electron chi connectivity index (χ4n) is 1.06. The maximum Gasteiger partial charge on any atom is 0.404 e. The third kappa shape index (κ3) is 11.2. The average molecular weight is 188 g/mol. The van der Waals surface area contributed by atoms with E-state index in [-0.39, 0.29) is 0 Å². The fraction of sp³-hybridized carbons (Fsp3) is 0.889. The molecule has 4 nitrogen and oxygen atoms in total. The normalized spacial score (nSPS) is 9.92. The van der Waals surface area contributed by atoms with Crippen molar-refractivity contribution in [2.24, 2.45) is 0 Å². The molecule has 0 heterocycles. The molecule has 1 amide bonds. The molecule has 78 valence electrons. The van der Waals surface area contributed by atoms with Gasteiger partial charge in [-0.2, -0.15) is 0 Å². The second-order valence-corrected chi connectivity index (χ2v) is 3.04. The molecule has 0 atom stereocenters. The molecule has 13 heavy (non-hydrogen) atoms. The Morgan fingerprint density at radius 1 is 1.15 bits per heavy atom. The molecule has 0 radical (unpaired) electrons. The molecule has 0 aromatic heterocycles. The molecule has 0 aromatic carbocycles. The van der Waals surface area contributed by atoms with Crippen molar-refractivity contribution in [3.05, 3.63) is 0 Å². The molecule has 0 saturated heterocycles. The van der Waals surface area contributed by atoms with Crippen LogP contribution in [0.4, 0.5) is 4.79 Å². The van der Waals surface area contributed by atoms with Crippen LogP contribution in [-0.4, -0.2) is 30.8 Å². The first kappa shape index (κ1) is 12.2. The molecule has 0 unspecified atom stereocenters. The van der Waals surface area contributed by atoms with E-state index in [9.17, 15) is 4.79 Å². The van der Waals surface area contributed by atoms with E-state index in [1.54, 1.807) is 0 Å². The summed E-state index contributed by atoms with van der Waals surface area (Å²) >= 11 is 0. The van der Waals surface area contributed by atoms with Crippen LogP contribution in [0.1, 0.15) is 32.6 Å². The summed E-state index contributed by atoms with van der Waals surface area (Å²) in [7, 11) is 0. The Balaban J connectivity index is 2.87. The summed E-state index contributed by atoms with van der Waals surface area (Å²) in [4.78, 5) is 10.0. The van der Waals surface area contributed by atoms with Crippen LogP contribution in [0.15, 0.2) is 0 Å². The first-order valence-corrected chi connectivity index (χ1v) is 4.95. The molecular weight excluding hydrogens is 168 g/mol. The quantitative estimate of drug-likeness (QED) is 0.505. The van der Waals surface area contributed by atoms with Gasteiger partial charge < -0.3 is 15.7 Å². The van der Waals surface area contributed by atoms with E-state index in [0.717, 1.165) is 13.1 Å². The number of hydrogen-bond donors (Lipinski definition) is 3. The van der Waals surface area contributed by atoms with E-state index >= 15 is 0 Å². The van der Waals surface area contributed by atoms with Crippen molar-refractivity contribution in [3.8, 4) is 0 Å². The summed E-state index contributed by atoms with van der Waals surface area (Å²) in [6, 6.07) is 0. The number of unbranched alkanes of at least 4 members (excludes halogenated alkanes) is 3. The van der Waals surface area contributed by atoms with Gasteiger partial charge in [0.15, 0.2) is 0 Å². The van der Waals surface area contributed by atoms with Gasteiger partial charge in [-0.3, -0.25) is 0 Å². The zero-order valence-electron chi connectivity index (χ0n) is 8.31. The van der Waals surface area contributed by atoms with Crippen molar-refractivity contribution in [2.45, 2.75) is 32.6 Å².